The van der Waals surface area contributed by atoms with Crippen LogP contribution in [-0.4, -0.2) is 65.7 Å². The lowest BCUT2D eigenvalue weighted by molar-refractivity contribution is 0.0864. The standard InChI is InChI=1S/C20H23F2N3O6S/c1-12-18(30-14-3-6-25(7-4-14)20(26)27)23-11-24-19(12)31-17-10-15(21)13(9-16(17)22)5-8-32(2,28)29/h9-11,14H,3-8H2,1-2H3,(H,26,27). The Morgan fingerprint density at radius 2 is 1.84 bits per heavy atom. The summed E-state index contributed by atoms with van der Waals surface area (Å²) in [7, 11) is -3.32. The van der Waals surface area contributed by atoms with Crippen LogP contribution in [0.3, 0.4) is 0 Å². The zero-order valence-corrected chi connectivity index (χ0v) is 18.4. The highest BCUT2D eigenvalue weighted by atomic mass is 32.2. The van der Waals surface area contributed by atoms with Crippen molar-refractivity contribution in [2.45, 2.75) is 32.3 Å². The Bertz CT molecular complexity index is 1100. The fourth-order valence-corrected chi connectivity index (χ4v) is 3.79. The van der Waals surface area contributed by atoms with E-state index in [9.17, 15) is 22.0 Å². The molecule has 1 aliphatic heterocycles. The molecule has 2 aromatic rings. The van der Waals surface area contributed by atoms with Gasteiger partial charge in [0.05, 0.1) is 11.3 Å². The van der Waals surface area contributed by atoms with Crippen molar-refractivity contribution in [2.75, 3.05) is 25.1 Å². The van der Waals surface area contributed by atoms with E-state index in [1.165, 1.54) is 11.2 Å². The normalized spacial score (nSPS) is 14.9. The lowest BCUT2D eigenvalue weighted by Crippen LogP contribution is -2.41. The average Bonchev–Trinajstić information content (AvgIpc) is 2.72. The minimum Gasteiger partial charge on any atom is -0.474 e. The first-order valence-electron chi connectivity index (χ1n) is 9.83. The Morgan fingerprint density at radius 1 is 1.19 bits per heavy atom. The molecule has 1 amide bonds. The number of piperidine rings is 1. The maximum Gasteiger partial charge on any atom is 0.407 e. The van der Waals surface area contributed by atoms with Gasteiger partial charge >= 0.3 is 6.09 Å². The van der Waals surface area contributed by atoms with E-state index in [0.717, 1.165) is 18.4 Å². The van der Waals surface area contributed by atoms with Crippen molar-refractivity contribution >= 4 is 15.9 Å². The Hall–Kier alpha value is -3.02. The molecule has 1 aromatic heterocycles. The maximum absolute atomic E-state index is 14.5. The Kier molecular flexibility index (Phi) is 7.12. The highest BCUT2D eigenvalue weighted by molar-refractivity contribution is 7.90. The molecule has 1 N–H and O–H groups in total. The first kappa shape index (κ1) is 23.6. The van der Waals surface area contributed by atoms with E-state index in [1.54, 1.807) is 6.92 Å². The number of carbonyl (C=O) groups is 1. The van der Waals surface area contributed by atoms with Crippen molar-refractivity contribution in [3.63, 3.8) is 0 Å². The van der Waals surface area contributed by atoms with Crippen LogP contribution in [0, 0.1) is 18.6 Å². The van der Waals surface area contributed by atoms with E-state index in [2.05, 4.69) is 9.97 Å². The van der Waals surface area contributed by atoms with Crippen molar-refractivity contribution < 1.29 is 36.6 Å². The van der Waals surface area contributed by atoms with Gasteiger partial charge in [-0.2, -0.15) is 0 Å². The Morgan fingerprint density at radius 3 is 2.47 bits per heavy atom. The van der Waals surface area contributed by atoms with Crippen molar-refractivity contribution in [3.8, 4) is 17.5 Å². The number of aromatic nitrogens is 2. The van der Waals surface area contributed by atoms with Crippen molar-refractivity contribution in [1.29, 1.82) is 0 Å². The van der Waals surface area contributed by atoms with Crippen LogP contribution < -0.4 is 9.47 Å². The molecule has 0 aliphatic carbocycles. The smallest absolute Gasteiger partial charge is 0.407 e. The molecule has 32 heavy (non-hydrogen) atoms. The number of amides is 1. The molecule has 0 spiro atoms. The average molecular weight is 471 g/mol. The molecule has 1 aliphatic rings. The monoisotopic (exact) mass is 471 g/mol. The van der Waals surface area contributed by atoms with Crippen molar-refractivity contribution in [1.82, 2.24) is 14.9 Å². The van der Waals surface area contributed by atoms with E-state index in [4.69, 9.17) is 14.6 Å². The predicted octanol–water partition coefficient (Wildman–Crippen LogP) is 2.96. The number of carboxylic acid groups (broad SMARTS) is 1. The number of ether oxygens (including phenoxy) is 2. The number of hydrogen-bond donors (Lipinski definition) is 1. The number of likely N-dealkylation sites (tertiary alicyclic amines) is 1. The van der Waals surface area contributed by atoms with Gasteiger partial charge in [-0.3, -0.25) is 0 Å². The number of rotatable bonds is 7. The third kappa shape index (κ3) is 6.02. The fraction of sp³-hybridized carbons (Fsp3) is 0.450. The van der Waals surface area contributed by atoms with Crippen LogP contribution in [-0.2, 0) is 16.3 Å². The summed E-state index contributed by atoms with van der Waals surface area (Å²) in [6, 6.07) is 1.75. The highest BCUT2D eigenvalue weighted by Crippen LogP contribution is 2.31. The Balaban J connectivity index is 1.72. The van der Waals surface area contributed by atoms with Gasteiger partial charge in [0.25, 0.3) is 0 Å². The number of aryl methyl sites for hydroxylation is 1. The molecular formula is C20H23F2N3O6S. The lowest BCUT2D eigenvalue weighted by atomic mass is 10.1. The van der Waals surface area contributed by atoms with Gasteiger partial charge in [0.1, 0.15) is 28.1 Å². The molecule has 0 unspecified atom stereocenters. The second-order valence-corrected chi connectivity index (χ2v) is 9.81. The van der Waals surface area contributed by atoms with Gasteiger partial charge in [0.2, 0.25) is 11.8 Å². The van der Waals surface area contributed by atoms with E-state index in [1.807, 2.05) is 0 Å². The molecule has 0 radical (unpaired) electrons. The summed E-state index contributed by atoms with van der Waals surface area (Å²) in [6.07, 6.45) is 1.77. The molecule has 0 bridgehead atoms. The van der Waals surface area contributed by atoms with Gasteiger partial charge in [0.15, 0.2) is 11.6 Å². The largest absolute Gasteiger partial charge is 0.474 e. The van der Waals surface area contributed by atoms with Gasteiger partial charge < -0.3 is 19.5 Å². The van der Waals surface area contributed by atoms with E-state index >= 15 is 0 Å². The summed E-state index contributed by atoms with van der Waals surface area (Å²) in [6.45, 7) is 2.28. The molecule has 9 nitrogen and oxygen atoms in total. The zero-order valence-electron chi connectivity index (χ0n) is 17.5. The van der Waals surface area contributed by atoms with Crippen LogP contribution in [0.25, 0.3) is 0 Å². The molecule has 12 heteroatoms. The van der Waals surface area contributed by atoms with Gasteiger partial charge in [-0.15, -0.1) is 0 Å². The SMILES string of the molecule is Cc1c(Oc2cc(F)c(CCS(C)(=O)=O)cc2F)ncnc1OC1CCN(C(=O)O)CC1. The minimum atomic E-state index is -3.32. The van der Waals surface area contributed by atoms with Gasteiger partial charge in [-0.25, -0.2) is 32.0 Å². The summed E-state index contributed by atoms with van der Waals surface area (Å²) >= 11 is 0. The van der Waals surface area contributed by atoms with Gasteiger partial charge in [-0.05, 0) is 25.0 Å². The maximum atomic E-state index is 14.5. The summed E-state index contributed by atoms with van der Waals surface area (Å²) in [5.74, 6) is -2.20. The third-order valence-electron chi connectivity index (χ3n) is 5.03. The quantitative estimate of drug-likeness (QED) is 0.655. The summed E-state index contributed by atoms with van der Waals surface area (Å²) in [5, 5.41) is 9.02. The molecule has 0 saturated carbocycles. The number of hydrogen-bond acceptors (Lipinski definition) is 7. The number of nitrogens with zero attached hydrogens (tertiary/aromatic N) is 3. The predicted molar refractivity (Wildman–Crippen MR) is 110 cm³/mol. The first-order chi connectivity index (χ1) is 15.0. The first-order valence-corrected chi connectivity index (χ1v) is 11.9. The van der Waals surface area contributed by atoms with Crippen LogP contribution in [0.1, 0.15) is 24.0 Å². The molecule has 1 aromatic carbocycles. The minimum absolute atomic E-state index is 0.0276. The lowest BCUT2D eigenvalue weighted by Gasteiger charge is -2.30. The molecule has 0 atom stereocenters. The summed E-state index contributed by atoms with van der Waals surface area (Å²) in [5.41, 5.74) is 0.297. The van der Waals surface area contributed by atoms with Gasteiger partial charge in [0, 0.05) is 38.3 Å². The molecular weight excluding hydrogens is 448 g/mol. The molecule has 1 saturated heterocycles. The topological polar surface area (TPSA) is 119 Å². The van der Waals surface area contributed by atoms with E-state index < -0.39 is 33.3 Å². The second kappa shape index (κ2) is 9.63. The van der Waals surface area contributed by atoms with Crippen molar-refractivity contribution in [3.05, 3.63) is 41.2 Å². The van der Waals surface area contributed by atoms with Crippen LogP contribution in [0.4, 0.5) is 13.6 Å². The highest BCUT2D eigenvalue weighted by Gasteiger charge is 2.25. The van der Waals surface area contributed by atoms with Crippen LogP contribution in [0.5, 0.6) is 17.5 Å². The van der Waals surface area contributed by atoms with E-state index in [0.29, 0.717) is 31.5 Å². The number of halogens is 2. The number of benzene rings is 1. The summed E-state index contributed by atoms with van der Waals surface area (Å²) in [4.78, 5) is 20.3. The fourth-order valence-electron chi connectivity index (χ4n) is 3.20. The van der Waals surface area contributed by atoms with Crippen molar-refractivity contribution in [2.24, 2.45) is 0 Å². The third-order valence-corrected chi connectivity index (χ3v) is 5.98. The zero-order chi connectivity index (χ0) is 23.5. The molecule has 174 valence electrons. The number of sulfone groups is 1. The molecule has 2 heterocycles. The van der Waals surface area contributed by atoms with Crippen LogP contribution in [0.2, 0.25) is 0 Å². The van der Waals surface area contributed by atoms with Crippen LogP contribution >= 0.6 is 0 Å². The molecule has 3 rings (SSSR count). The van der Waals surface area contributed by atoms with Crippen LogP contribution in [0.15, 0.2) is 18.5 Å². The van der Waals surface area contributed by atoms with Gasteiger partial charge in [-0.1, -0.05) is 0 Å². The molecule has 1 fully saturated rings. The summed E-state index contributed by atoms with van der Waals surface area (Å²) < 4.78 is 62.7. The van der Waals surface area contributed by atoms with E-state index in [-0.39, 0.29) is 35.6 Å². The Labute approximate surface area is 183 Å². The second-order valence-electron chi connectivity index (χ2n) is 7.55.